The lowest BCUT2D eigenvalue weighted by Gasteiger charge is -2.18. The van der Waals surface area contributed by atoms with Crippen LogP contribution in [0.15, 0.2) is 47.5 Å². The second-order valence-electron chi connectivity index (χ2n) is 5.85. The predicted molar refractivity (Wildman–Crippen MR) is 108 cm³/mol. The molecule has 1 heterocycles. The van der Waals surface area contributed by atoms with Crippen LogP contribution in [0.5, 0.6) is 5.88 Å². The van der Waals surface area contributed by atoms with Gasteiger partial charge in [0.1, 0.15) is 6.04 Å². The summed E-state index contributed by atoms with van der Waals surface area (Å²) in [7, 11) is -2.31. The standard InChI is InChI=1S/C18H23N3O4S2/c1-13-4-7-15(8-5-13)27(23,24)21-16(10-11-26-3)18(22)20-14-6-9-17(25-2)19-12-14/h4-9,12,16,21H,10-11H2,1-3H3,(H,20,22)/t16-/m1/s1. The highest BCUT2D eigenvalue weighted by Crippen LogP contribution is 2.15. The van der Waals surface area contributed by atoms with E-state index in [4.69, 9.17) is 4.74 Å². The average molecular weight is 410 g/mol. The molecule has 0 radical (unpaired) electrons. The van der Waals surface area contributed by atoms with Gasteiger partial charge in [0.25, 0.3) is 0 Å². The van der Waals surface area contributed by atoms with Gasteiger partial charge >= 0.3 is 0 Å². The van der Waals surface area contributed by atoms with Gasteiger partial charge in [-0.3, -0.25) is 4.79 Å². The van der Waals surface area contributed by atoms with Gasteiger partial charge in [-0.15, -0.1) is 0 Å². The number of amides is 1. The number of ether oxygens (including phenoxy) is 1. The molecule has 0 spiro atoms. The lowest BCUT2D eigenvalue weighted by Crippen LogP contribution is -2.44. The number of benzene rings is 1. The quantitative estimate of drug-likeness (QED) is 0.660. The third-order valence-electron chi connectivity index (χ3n) is 3.77. The topological polar surface area (TPSA) is 97.4 Å². The summed E-state index contributed by atoms with van der Waals surface area (Å²) in [6.45, 7) is 1.88. The normalized spacial score (nSPS) is 12.4. The van der Waals surface area contributed by atoms with E-state index in [2.05, 4.69) is 15.0 Å². The van der Waals surface area contributed by atoms with Gasteiger partial charge < -0.3 is 10.1 Å². The van der Waals surface area contributed by atoms with Crippen molar-refractivity contribution in [3.8, 4) is 5.88 Å². The molecule has 1 aromatic heterocycles. The van der Waals surface area contributed by atoms with Crippen LogP contribution in [0.3, 0.4) is 0 Å². The molecule has 9 heteroatoms. The van der Waals surface area contributed by atoms with Crippen LogP contribution in [-0.4, -0.2) is 44.5 Å². The Bertz CT molecular complexity index is 853. The first-order valence-corrected chi connectivity index (χ1v) is 11.1. The van der Waals surface area contributed by atoms with Crippen LogP contribution in [0, 0.1) is 6.92 Å². The predicted octanol–water partition coefficient (Wildman–Crippen LogP) is 2.44. The maximum absolute atomic E-state index is 12.6. The minimum absolute atomic E-state index is 0.126. The van der Waals surface area contributed by atoms with Crippen molar-refractivity contribution in [3.05, 3.63) is 48.2 Å². The summed E-state index contributed by atoms with van der Waals surface area (Å²) in [5.74, 6) is 0.619. The largest absolute Gasteiger partial charge is 0.481 e. The van der Waals surface area contributed by atoms with E-state index in [1.807, 2.05) is 13.2 Å². The molecule has 0 saturated heterocycles. The number of thioether (sulfide) groups is 1. The minimum atomic E-state index is -3.81. The van der Waals surface area contributed by atoms with Gasteiger partial charge in [-0.2, -0.15) is 16.5 Å². The highest BCUT2D eigenvalue weighted by molar-refractivity contribution is 7.98. The molecule has 2 N–H and O–H groups in total. The Hall–Kier alpha value is -2.10. The monoisotopic (exact) mass is 409 g/mol. The van der Waals surface area contributed by atoms with Crippen molar-refractivity contribution < 1.29 is 17.9 Å². The number of sulfonamides is 1. The van der Waals surface area contributed by atoms with Crippen molar-refractivity contribution in [1.82, 2.24) is 9.71 Å². The Morgan fingerprint density at radius 1 is 1.22 bits per heavy atom. The molecule has 0 unspecified atom stereocenters. The first-order valence-electron chi connectivity index (χ1n) is 8.24. The highest BCUT2D eigenvalue weighted by atomic mass is 32.2. The smallest absolute Gasteiger partial charge is 0.242 e. The molecular formula is C18H23N3O4S2. The van der Waals surface area contributed by atoms with Crippen LogP contribution in [-0.2, 0) is 14.8 Å². The van der Waals surface area contributed by atoms with Gasteiger partial charge in [0, 0.05) is 6.07 Å². The fourth-order valence-electron chi connectivity index (χ4n) is 2.26. The van der Waals surface area contributed by atoms with Gasteiger partial charge in [-0.05, 0) is 43.6 Å². The molecule has 2 aromatic rings. The van der Waals surface area contributed by atoms with Gasteiger partial charge in [0.15, 0.2) is 0 Å². The van der Waals surface area contributed by atoms with Crippen LogP contribution in [0.4, 0.5) is 5.69 Å². The minimum Gasteiger partial charge on any atom is -0.481 e. The number of carbonyl (C=O) groups excluding carboxylic acids is 1. The summed E-state index contributed by atoms with van der Waals surface area (Å²) in [5, 5.41) is 2.69. The number of nitrogens with zero attached hydrogens (tertiary/aromatic N) is 1. The first-order chi connectivity index (χ1) is 12.9. The van der Waals surface area contributed by atoms with E-state index in [-0.39, 0.29) is 4.90 Å². The maximum Gasteiger partial charge on any atom is 0.242 e. The molecular weight excluding hydrogens is 386 g/mol. The summed E-state index contributed by atoms with van der Waals surface area (Å²) in [6, 6.07) is 8.84. The van der Waals surface area contributed by atoms with E-state index in [0.29, 0.717) is 23.7 Å². The van der Waals surface area contributed by atoms with E-state index in [1.165, 1.54) is 37.2 Å². The molecule has 1 amide bonds. The van der Waals surface area contributed by atoms with Gasteiger partial charge in [0.05, 0.1) is 23.9 Å². The number of nitrogens with one attached hydrogen (secondary N) is 2. The Labute approximate surface area is 164 Å². The number of hydrogen-bond donors (Lipinski definition) is 2. The Balaban J connectivity index is 2.14. The van der Waals surface area contributed by atoms with Gasteiger partial charge in [-0.25, -0.2) is 13.4 Å². The number of pyridine rings is 1. The molecule has 1 aromatic carbocycles. The van der Waals surface area contributed by atoms with Crippen LogP contribution < -0.4 is 14.8 Å². The summed E-state index contributed by atoms with van der Waals surface area (Å²) in [6.07, 6.45) is 3.72. The van der Waals surface area contributed by atoms with Crippen molar-refractivity contribution in [3.63, 3.8) is 0 Å². The number of anilines is 1. The van der Waals surface area contributed by atoms with Crippen molar-refractivity contribution in [2.45, 2.75) is 24.3 Å². The van der Waals surface area contributed by atoms with Crippen molar-refractivity contribution in [2.24, 2.45) is 0 Å². The fourth-order valence-corrected chi connectivity index (χ4v) is 3.96. The van der Waals surface area contributed by atoms with Gasteiger partial charge in [-0.1, -0.05) is 17.7 Å². The lowest BCUT2D eigenvalue weighted by molar-refractivity contribution is -0.117. The third-order valence-corrected chi connectivity index (χ3v) is 5.90. The fraction of sp³-hybridized carbons (Fsp3) is 0.333. The van der Waals surface area contributed by atoms with E-state index in [9.17, 15) is 13.2 Å². The first kappa shape index (κ1) is 21.2. The number of aryl methyl sites for hydroxylation is 1. The molecule has 1 atom stereocenters. The van der Waals surface area contributed by atoms with Crippen LogP contribution in [0.2, 0.25) is 0 Å². The molecule has 146 valence electrons. The van der Waals surface area contributed by atoms with Crippen LogP contribution in [0.25, 0.3) is 0 Å². The van der Waals surface area contributed by atoms with Crippen LogP contribution >= 0.6 is 11.8 Å². The van der Waals surface area contributed by atoms with Crippen molar-refractivity contribution in [1.29, 1.82) is 0 Å². The van der Waals surface area contributed by atoms with Crippen LogP contribution in [0.1, 0.15) is 12.0 Å². The number of hydrogen-bond acceptors (Lipinski definition) is 6. The van der Waals surface area contributed by atoms with Gasteiger partial charge in [0.2, 0.25) is 21.8 Å². The summed E-state index contributed by atoms with van der Waals surface area (Å²) < 4.78 is 32.7. The zero-order valence-corrected chi connectivity index (χ0v) is 17.1. The Kier molecular flexibility index (Phi) is 7.64. The van der Waals surface area contributed by atoms with E-state index < -0.39 is 22.0 Å². The Morgan fingerprint density at radius 3 is 2.48 bits per heavy atom. The summed E-state index contributed by atoms with van der Waals surface area (Å²) >= 11 is 1.54. The SMILES string of the molecule is COc1ccc(NC(=O)[C@@H](CCSC)NS(=O)(=O)c2ccc(C)cc2)cn1. The molecule has 7 nitrogen and oxygen atoms in total. The molecule has 0 aliphatic rings. The summed E-state index contributed by atoms with van der Waals surface area (Å²) in [4.78, 5) is 16.8. The molecule has 0 fully saturated rings. The highest BCUT2D eigenvalue weighted by Gasteiger charge is 2.25. The molecule has 0 bridgehead atoms. The third kappa shape index (κ3) is 6.23. The molecule has 27 heavy (non-hydrogen) atoms. The lowest BCUT2D eigenvalue weighted by atomic mass is 10.2. The maximum atomic E-state index is 12.6. The zero-order chi connectivity index (χ0) is 19.9. The number of rotatable bonds is 9. The Morgan fingerprint density at radius 2 is 1.93 bits per heavy atom. The number of methoxy groups -OCH3 is 1. The number of aromatic nitrogens is 1. The van der Waals surface area contributed by atoms with E-state index >= 15 is 0 Å². The second-order valence-corrected chi connectivity index (χ2v) is 8.55. The zero-order valence-electron chi connectivity index (χ0n) is 15.4. The summed E-state index contributed by atoms with van der Waals surface area (Å²) in [5.41, 5.74) is 1.42. The molecule has 2 rings (SSSR count). The molecule has 0 saturated carbocycles. The van der Waals surface area contributed by atoms with Crippen molar-refractivity contribution >= 4 is 33.4 Å². The molecule has 0 aliphatic carbocycles. The second kappa shape index (κ2) is 9.72. The average Bonchev–Trinajstić information content (AvgIpc) is 2.66. The van der Waals surface area contributed by atoms with Crippen molar-refractivity contribution in [2.75, 3.05) is 24.4 Å². The molecule has 0 aliphatic heterocycles. The van der Waals surface area contributed by atoms with E-state index in [0.717, 1.165) is 5.56 Å². The van der Waals surface area contributed by atoms with E-state index in [1.54, 1.807) is 24.3 Å². The number of carbonyl (C=O) groups is 1.